The lowest BCUT2D eigenvalue weighted by Crippen LogP contribution is -2.34. The molecule has 0 saturated heterocycles. The summed E-state index contributed by atoms with van der Waals surface area (Å²) in [5, 5.41) is 15.4. The molecule has 186 valence electrons. The van der Waals surface area contributed by atoms with Crippen LogP contribution >= 0.6 is 12.2 Å². The van der Waals surface area contributed by atoms with Gasteiger partial charge < -0.3 is 15.0 Å². The molecule has 4 aromatic rings. The molecule has 0 fully saturated rings. The molecule has 0 aliphatic carbocycles. The highest BCUT2D eigenvalue weighted by Gasteiger charge is 2.14. The molecule has 2 N–H and O–H groups in total. The van der Waals surface area contributed by atoms with Crippen LogP contribution in [0, 0.1) is 13.8 Å². The van der Waals surface area contributed by atoms with Gasteiger partial charge in [0.25, 0.3) is 5.91 Å². The number of rotatable bonds is 7. The number of carbonyl (C=O) groups excluding carboxylic acids is 1. The van der Waals surface area contributed by atoms with E-state index in [9.17, 15) is 4.79 Å². The summed E-state index contributed by atoms with van der Waals surface area (Å²) in [6.45, 7) is 10.2. The molecule has 0 radical (unpaired) electrons. The highest BCUT2D eigenvalue weighted by molar-refractivity contribution is 7.80. The Labute approximate surface area is 216 Å². The number of benzene rings is 3. The maximum absolute atomic E-state index is 12.6. The number of aryl methyl sites for hydroxylation is 2. The smallest absolute Gasteiger partial charge is 0.257 e. The Hall–Kier alpha value is -3.98. The van der Waals surface area contributed by atoms with Crippen LogP contribution in [0.3, 0.4) is 0 Å². The van der Waals surface area contributed by atoms with Gasteiger partial charge in [0.15, 0.2) is 5.11 Å². The van der Waals surface area contributed by atoms with Crippen molar-refractivity contribution in [3.05, 3.63) is 71.3 Å². The van der Waals surface area contributed by atoms with Crippen molar-refractivity contribution in [3.63, 3.8) is 0 Å². The second kappa shape index (κ2) is 10.7. The van der Waals surface area contributed by atoms with E-state index in [2.05, 4.69) is 54.5 Å². The fourth-order valence-corrected chi connectivity index (χ4v) is 4.26. The number of carbonyl (C=O) groups is 1. The molecule has 0 bridgehead atoms. The molecule has 0 saturated carbocycles. The predicted molar refractivity (Wildman–Crippen MR) is 149 cm³/mol. The molecule has 36 heavy (non-hydrogen) atoms. The molecular weight excluding hydrogens is 472 g/mol. The van der Waals surface area contributed by atoms with Crippen LogP contribution in [-0.4, -0.2) is 46.2 Å². The van der Waals surface area contributed by atoms with Crippen molar-refractivity contribution in [1.82, 2.24) is 20.3 Å². The fourth-order valence-electron chi connectivity index (χ4n) is 4.05. The van der Waals surface area contributed by atoms with Crippen LogP contribution in [0.25, 0.3) is 16.7 Å². The Bertz CT molecular complexity index is 1430. The minimum atomic E-state index is -0.320. The van der Waals surface area contributed by atoms with Gasteiger partial charge >= 0.3 is 0 Å². The van der Waals surface area contributed by atoms with Gasteiger partial charge in [-0.15, -0.1) is 10.2 Å². The monoisotopic (exact) mass is 502 g/mol. The van der Waals surface area contributed by atoms with Gasteiger partial charge in [0.05, 0.1) is 12.8 Å². The zero-order chi connectivity index (χ0) is 25.8. The van der Waals surface area contributed by atoms with Gasteiger partial charge in [-0.1, -0.05) is 6.07 Å². The minimum absolute atomic E-state index is 0.195. The zero-order valence-corrected chi connectivity index (χ0v) is 21.9. The van der Waals surface area contributed by atoms with E-state index in [4.69, 9.17) is 27.2 Å². The van der Waals surface area contributed by atoms with Gasteiger partial charge in [0.1, 0.15) is 16.8 Å². The van der Waals surface area contributed by atoms with Crippen molar-refractivity contribution >= 4 is 45.6 Å². The normalized spacial score (nSPS) is 10.8. The van der Waals surface area contributed by atoms with Crippen molar-refractivity contribution in [3.8, 4) is 11.4 Å². The van der Waals surface area contributed by atoms with E-state index < -0.39 is 0 Å². The Balaban J connectivity index is 1.53. The van der Waals surface area contributed by atoms with Gasteiger partial charge in [-0.3, -0.25) is 10.1 Å². The van der Waals surface area contributed by atoms with Crippen molar-refractivity contribution in [2.24, 2.45) is 0 Å². The van der Waals surface area contributed by atoms with E-state index in [-0.39, 0.29) is 11.0 Å². The van der Waals surface area contributed by atoms with E-state index >= 15 is 0 Å². The number of thiocarbonyl (C=S) groups is 1. The fraction of sp³-hybridized carbons (Fsp3) is 0.259. The van der Waals surface area contributed by atoms with E-state index in [1.54, 1.807) is 36.2 Å². The summed E-state index contributed by atoms with van der Waals surface area (Å²) < 4.78 is 5.18. The highest BCUT2D eigenvalue weighted by atomic mass is 32.1. The van der Waals surface area contributed by atoms with Crippen molar-refractivity contribution < 1.29 is 9.53 Å². The second-order valence-corrected chi connectivity index (χ2v) is 8.84. The topological polar surface area (TPSA) is 84.3 Å². The lowest BCUT2D eigenvalue weighted by atomic mass is 10.1. The van der Waals surface area contributed by atoms with Crippen molar-refractivity contribution in [1.29, 1.82) is 0 Å². The van der Waals surface area contributed by atoms with Crippen LogP contribution < -0.4 is 20.3 Å². The Morgan fingerprint density at radius 1 is 1.00 bits per heavy atom. The van der Waals surface area contributed by atoms with E-state index in [0.717, 1.165) is 46.6 Å². The number of aromatic nitrogens is 3. The largest absolute Gasteiger partial charge is 0.497 e. The molecule has 0 atom stereocenters. The molecule has 1 heterocycles. The standard InChI is InChI=1S/C27H30N6O2S/c1-6-32(7-2)20-11-12-25(18(4)13-20)33-30-23-14-17(3)22(16-24(23)31-33)28-27(36)29-26(34)19-9-8-10-21(15-19)35-5/h8-16H,6-7H2,1-5H3,(H2,28,29,34,36). The third kappa shape index (κ3) is 5.31. The number of anilines is 2. The Morgan fingerprint density at radius 3 is 2.39 bits per heavy atom. The van der Waals surface area contributed by atoms with E-state index in [0.29, 0.717) is 11.3 Å². The third-order valence-electron chi connectivity index (χ3n) is 6.06. The Kier molecular flexibility index (Phi) is 7.49. The van der Waals surface area contributed by atoms with Gasteiger partial charge in [-0.25, -0.2) is 0 Å². The molecule has 1 aromatic heterocycles. The molecule has 0 aliphatic heterocycles. The summed E-state index contributed by atoms with van der Waals surface area (Å²) in [6.07, 6.45) is 0. The first-order chi connectivity index (χ1) is 17.3. The predicted octanol–water partition coefficient (Wildman–Crippen LogP) is 5.02. The number of methoxy groups -OCH3 is 1. The molecule has 1 amide bonds. The molecule has 9 heteroatoms. The Morgan fingerprint density at radius 2 is 1.72 bits per heavy atom. The maximum atomic E-state index is 12.6. The number of amides is 1. The molecule has 8 nitrogen and oxygen atoms in total. The molecule has 0 unspecified atom stereocenters. The van der Waals surface area contributed by atoms with Gasteiger partial charge in [0.2, 0.25) is 0 Å². The first kappa shape index (κ1) is 25.1. The average Bonchev–Trinajstić information content (AvgIpc) is 3.27. The molecule has 0 aliphatic rings. The van der Waals surface area contributed by atoms with Crippen LogP contribution in [0.5, 0.6) is 5.75 Å². The first-order valence-electron chi connectivity index (χ1n) is 11.8. The van der Waals surface area contributed by atoms with Gasteiger partial charge in [-0.05, 0) is 99.6 Å². The summed E-state index contributed by atoms with van der Waals surface area (Å²) in [7, 11) is 1.56. The highest BCUT2D eigenvalue weighted by Crippen LogP contribution is 2.25. The molecule has 0 spiro atoms. The number of nitrogens with one attached hydrogen (secondary N) is 2. The first-order valence-corrected chi connectivity index (χ1v) is 12.2. The zero-order valence-electron chi connectivity index (χ0n) is 21.1. The van der Waals surface area contributed by atoms with Crippen LogP contribution in [-0.2, 0) is 0 Å². The number of nitrogens with zero attached hydrogens (tertiary/aromatic N) is 4. The third-order valence-corrected chi connectivity index (χ3v) is 6.26. The van der Waals surface area contributed by atoms with Crippen LogP contribution in [0.2, 0.25) is 0 Å². The molecule has 3 aromatic carbocycles. The minimum Gasteiger partial charge on any atom is -0.497 e. The summed E-state index contributed by atoms with van der Waals surface area (Å²) in [5.74, 6) is 0.281. The maximum Gasteiger partial charge on any atom is 0.257 e. The number of fused-ring (bicyclic) bond motifs is 1. The van der Waals surface area contributed by atoms with Crippen molar-refractivity contribution in [2.45, 2.75) is 27.7 Å². The van der Waals surface area contributed by atoms with Crippen LogP contribution in [0.15, 0.2) is 54.6 Å². The van der Waals surface area contributed by atoms with Gasteiger partial charge in [0, 0.05) is 30.0 Å². The lowest BCUT2D eigenvalue weighted by Gasteiger charge is -2.22. The summed E-state index contributed by atoms with van der Waals surface area (Å²) in [4.78, 5) is 16.6. The van der Waals surface area contributed by atoms with Crippen LogP contribution in [0.4, 0.5) is 11.4 Å². The van der Waals surface area contributed by atoms with Gasteiger partial charge in [-0.2, -0.15) is 4.80 Å². The second-order valence-electron chi connectivity index (χ2n) is 8.43. The number of hydrogen-bond acceptors (Lipinski definition) is 6. The lowest BCUT2D eigenvalue weighted by molar-refractivity contribution is 0.0977. The average molecular weight is 503 g/mol. The number of ether oxygens (including phenoxy) is 1. The number of hydrogen-bond donors (Lipinski definition) is 2. The SMILES string of the molecule is CCN(CC)c1ccc(-n2nc3cc(C)c(NC(=S)NC(=O)c4cccc(OC)c4)cc3n2)c(C)c1. The quantitative estimate of drug-likeness (QED) is 0.343. The summed E-state index contributed by atoms with van der Waals surface area (Å²) in [6, 6.07) is 17.0. The molecular formula is C27H30N6O2S. The summed E-state index contributed by atoms with van der Waals surface area (Å²) in [5.41, 5.74) is 6.83. The van der Waals surface area contributed by atoms with E-state index in [1.807, 2.05) is 19.1 Å². The van der Waals surface area contributed by atoms with Crippen LogP contribution in [0.1, 0.15) is 35.3 Å². The van der Waals surface area contributed by atoms with Crippen molar-refractivity contribution in [2.75, 3.05) is 30.4 Å². The summed E-state index contributed by atoms with van der Waals surface area (Å²) >= 11 is 5.39. The van der Waals surface area contributed by atoms with E-state index in [1.165, 1.54) is 5.69 Å². The molecule has 4 rings (SSSR count).